The van der Waals surface area contributed by atoms with Crippen LogP contribution in [-0.4, -0.2) is 79.0 Å². The van der Waals surface area contributed by atoms with Gasteiger partial charge in [-0.3, -0.25) is 0 Å². The summed E-state index contributed by atoms with van der Waals surface area (Å²) in [6.45, 7) is 5.83. The molecule has 0 aromatic heterocycles. The van der Waals surface area contributed by atoms with Crippen molar-refractivity contribution in [3.8, 4) is 0 Å². The van der Waals surface area contributed by atoms with Gasteiger partial charge in [0.15, 0.2) is 6.10 Å². The summed E-state index contributed by atoms with van der Waals surface area (Å²) < 4.78 is 10.2. The van der Waals surface area contributed by atoms with Crippen LogP contribution in [0.2, 0.25) is 0 Å². The normalized spacial score (nSPS) is 18.9. The molecule has 2 amide bonds. The van der Waals surface area contributed by atoms with Crippen molar-refractivity contribution in [3.63, 3.8) is 0 Å². The SMILES string of the molecule is CCC(CC)N(CCOC)C(=O)N1CCOC(C(=O)O)C1. The Labute approximate surface area is 125 Å². The van der Waals surface area contributed by atoms with Gasteiger partial charge in [-0.25, -0.2) is 9.59 Å². The molecule has 1 heterocycles. The van der Waals surface area contributed by atoms with Crippen molar-refractivity contribution in [1.82, 2.24) is 9.80 Å². The first-order valence-corrected chi connectivity index (χ1v) is 7.43. The standard InChI is InChI=1S/C14H26N2O5/c1-4-11(5-2)16(7-8-20-3)14(19)15-6-9-21-12(10-15)13(17)18/h11-12H,4-10H2,1-3H3,(H,17,18). The van der Waals surface area contributed by atoms with E-state index in [9.17, 15) is 9.59 Å². The average molecular weight is 302 g/mol. The maximum atomic E-state index is 12.7. The molecule has 0 saturated carbocycles. The molecule has 0 spiro atoms. The van der Waals surface area contributed by atoms with E-state index in [1.165, 1.54) is 0 Å². The van der Waals surface area contributed by atoms with Gasteiger partial charge in [-0.15, -0.1) is 0 Å². The number of hydrogen-bond acceptors (Lipinski definition) is 4. The number of rotatable bonds is 7. The van der Waals surface area contributed by atoms with Gasteiger partial charge in [0, 0.05) is 26.2 Å². The molecule has 21 heavy (non-hydrogen) atoms. The first-order chi connectivity index (χ1) is 10.0. The molecular weight excluding hydrogens is 276 g/mol. The van der Waals surface area contributed by atoms with Crippen LogP contribution in [0.4, 0.5) is 4.79 Å². The molecular formula is C14H26N2O5. The Kier molecular flexibility index (Phi) is 7.45. The van der Waals surface area contributed by atoms with Crippen molar-refractivity contribution in [2.24, 2.45) is 0 Å². The second kappa shape index (κ2) is 8.84. The third-order valence-electron chi connectivity index (χ3n) is 3.78. The Hall–Kier alpha value is -1.34. The van der Waals surface area contributed by atoms with Crippen molar-refractivity contribution in [2.45, 2.75) is 38.8 Å². The third kappa shape index (κ3) is 4.86. The van der Waals surface area contributed by atoms with Gasteiger partial charge in [-0.05, 0) is 12.8 Å². The molecule has 0 bridgehead atoms. The number of nitrogens with zero attached hydrogens (tertiary/aromatic N) is 2. The van der Waals surface area contributed by atoms with E-state index in [-0.39, 0.29) is 25.2 Å². The molecule has 1 saturated heterocycles. The van der Waals surface area contributed by atoms with Gasteiger partial charge in [-0.1, -0.05) is 13.8 Å². The molecule has 0 aromatic rings. The smallest absolute Gasteiger partial charge is 0.334 e. The van der Waals surface area contributed by atoms with E-state index in [2.05, 4.69) is 0 Å². The monoisotopic (exact) mass is 302 g/mol. The van der Waals surface area contributed by atoms with Crippen molar-refractivity contribution in [1.29, 1.82) is 0 Å². The number of carboxylic acids is 1. The highest BCUT2D eigenvalue weighted by Gasteiger charge is 2.32. The van der Waals surface area contributed by atoms with Gasteiger partial charge in [0.05, 0.1) is 19.8 Å². The van der Waals surface area contributed by atoms with Gasteiger partial charge < -0.3 is 24.4 Å². The van der Waals surface area contributed by atoms with E-state index in [1.54, 1.807) is 16.9 Å². The van der Waals surface area contributed by atoms with Crippen LogP contribution in [0.15, 0.2) is 0 Å². The number of ether oxygens (including phenoxy) is 2. The Balaban J connectivity index is 2.75. The Morgan fingerprint density at radius 3 is 2.62 bits per heavy atom. The maximum absolute atomic E-state index is 12.7. The summed E-state index contributed by atoms with van der Waals surface area (Å²) in [4.78, 5) is 27.0. The van der Waals surface area contributed by atoms with Gasteiger partial charge in [0.2, 0.25) is 0 Å². The molecule has 1 N–H and O–H groups in total. The van der Waals surface area contributed by atoms with Crippen LogP contribution in [0.5, 0.6) is 0 Å². The molecule has 0 radical (unpaired) electrons. The average Bonchev–Trinajstić information content (AvgIpc) is 2.51. The zero-order valence-corrected chi connectivity index (χ0v) is 13.1. The first-order valence-electron chi connectivity index (χ1n) is 7.43. The third-order valence-corrected chi connectivity index (χ3v) is 3.78. The minimum Gasteiger partial charge on any atom is -0.479 e. The lowest BCUT2D eigenvalue weighted by Crippen LogP contribution is -2.55. The number of carboxylic acid groups (broad SMARTS) is 1. The number of methoxy groups -OCH3 is 1. The van der Waals surface area contributed by atoms with Crippen molar-refractivity contribution < 1.29 is 24.2 Å². The van der Waals surface area contributed by atoms with E-state index in [4.69, 9.17) is 14.6 Å². The molecule has 1 aliphatic rings. The number of carbonyl (C=O) groups is 2. The van der Waals surface area contributed by atoms with Crippen LogP contribution in [-0.2, 0) is 14.3 Å². The van der Waals surface area contributed by atoms with Crippen LogP contribution in [0.3, 0.4) is 0 Å². The largest absolute Gasteiger partial charge is 0.479 e. The van der Waals surface area contributed by atoms with E-state index < -0.39 is 12.1 Å². The van der Waals surface area contributed by atoms with Gasteiger partial charge >= 0.3 is 12.0 Å². The number of urea groups is 1. The van der Waals surface area contributed by atoms with Crippen LogP contribution in [0.25, 0.3) is 0 Å². The van der Waals surface area contributed by atoms with E-state index in [1.807, 2.05) is 13.8 Å². The Bertz CT molecular complexity index is 346. The quantitative estimate of drug-likeness (QED) is 0.760. The minimum absolute atomic E-state index is 0.0950. The van der Waals surface area contributed by atoms with Crippen LogP contribution < -0.4 is 0 Å². The molecule has 122 valence electrons. The fourth-order valence-corrected chi connectivity index (χ4v) is 2.51. The molecule has 1 atom stereocenters. The van der Waals surface area contributed by atoms with Gasteiger partial charge in [0.25, 0.3) is 0 Å². The number of morpholine rings is 1. The summed E-state index contributed by atoms with van der Waals surface area (Å²) in [5.41, 5.74) is 0. The minimum atomic E-state index is -1.03. The summed E-state index contributed by atoms with van der Waals surface area (Å²) in [5, 5.41) is 9.02. The fraction of sp³-hybridized carbons (Fsp3) is 0.857. The predicted octanol–water partition coefficient (Wildman–Crippen LogP) is 1.03. The predicted molar refractivity (Wildman–Crippen MR) is 77.3 cm³/mol. The summed E-state index contributed by atoms with van der Waals surface area (Å²) in [6.07, 6.45) is 0.783. The summed E-state index contributed by atoms with van der Waals surface area (Å²) >= 11 is 0. The molecule has 1 aliphatic heterocycles. The molecule has 7 heteroatoms. The Morgan fingerprint density at radius 1 is 1.43 bits per heavy atom. The lowest BCUT2D eigenvalue weighted by atomic mass is 10.1. The van der Waals surface area contributed by atoms with Crippen molar-refractivity contribution >= 4 is 12.0 Å². The topological polar surface area (TPSA) is 79.3 Å². The second-order valence-electron chi connectivity index (χ2n) is 5.08. The molecule has 0 aromatic carbocycles. The second-order valence-corrected chi connectivity index (χ2v) is 5.08. The van der Waals surface area contributed by atoms with Crippen molar-refractivity contribution in [3.05, 3.63) is 0 Å². The molecule has 1 rings (SSSR count). The summed E-state index contributed by atoms with van der Waals surface area (Å²) in [7, 11) is 1.60. The highest BCUT2D eigenvalue weighted by molar-refractivity contribution is 5.77. The number of aliphatic carboxylic acids is 1. The summed E-state index contributed by atoms with van der Waals surface area (Å²) in [6, 6.07) is 0.00840. The van der Waals surface area contributed by atoms with Crippen LogP contribution in [0.1, 0.15) is 26.7 Å². The number of carbonyl (C=O) groups excluding carboxylic acids is 1. The Morgan fingerprint density at radius 2 is 2.10 bits per heavy atom. The lowest BCUT2D eigenvalue weighted by molar-refractivity contribution is -0.154. The first kappa shape index (κ1) is 17.7. The van der Waals surface area contributed by atoms with E-state index in [0.717, 1.165) is 12.8 Å². The molecule has 0 aliphatic carbocycles. The van der Waals surface area contributed by atoms with Crippen LogP contribution in [0, 0.1) is 0 Å². The zero-order chi connectivity index (χ0) is 15.8. The summed E-state index contributed by atoms with van der Waals surface area (Å²) in [5.74, 6) is -1.03. The van der Waals surface area contributed by atoms with Crippen LogP contribution >= 0.6 is 0 Å². The highest BCUT2D eigenvalue weighted by Crippen LogP contribution is 2.14. The molecule has 1 fully saturated rings. The molecule has 1 unspecified atom stereocenters. The lowest BCUT2D eigenvalue weighted by Gasteiger charge is -2.38. The molecule has 7 nitrogen and oxygen atoms in total. The zero-order valence-electron chi connectivity index (χ0n) is 13.1. The van der Waals surface area contributed by atoms with E-state index >= 15 is 0 Å². The maximum Gasteiger partial charge on any atom is 0.334 e. The van der Waals surface area contributed by atoms with Gasteiger partial charge in [-0.2, -0.15) is 0 Å². The number of hydrogen-bond donors (Lipinski definition) is 1. The van der Waals surface area contributed by atoms with Crippen molar-refractivity contribution in [2.75, 3.05) is 40.0 Å². The fourth-order valence-electron chi connectivity index (χ4n) is 2.51. The van der Waals surface area contributed by atoms with E-state index in [0.29, 0.717) is 19.7 Å². The number of amides is 2. The van der Waals surface area contributed by atoms with Gasteiger partial charge in [0.1, 0.15) is 0 Å². The highest BCUT2D eigenvalue weighted by atomic mass is 16.5.